The molecule has 3 aromatic rings. The molecule has 0 saturated heterocycles. The zero-order valence-corrected chi connectivity index (χ0v) is 15.9. The van der Waals surface area contributed by atoms with Crippen molar-refractivity contribution >= 4 is 16.6 Å². The maximum absolute atomic E-state index is 10.0. The minimum absolute atomic E-state index is 0. The molecule has 0 aliphatic rings. The van der Waals surface area contributed by atoms with Crippen LogP contribution in [0.4, 0.5) is 0 Å². The normalized spacial score (nSPS) is 10.3. The van der Waals surface area contributed by atoms with Crippen molar-refractivity contribution in [3.8, 4) is 11.1 Å². The molecule has 1 N–H and O–H groups in total. The predicted octanol–water partition coefficient (Wildman–Crippen LogP) is 5.14. The average molecular weight is 495 g/mol. The van der Waals surface area contributed by atoms with Gasteiger partial charge in [-0.2, -0.15) is 36.4 Å². The van der Waals surface area contributed by atoms with E-state index in [9.17, 15) is 4.79 Å². The second kappa shape index (κ2) is 9.82. The average Bonchev–Trinajstić information content (AvgIpc) is 2.54. The van der Waals surface area contributed by atoms with Crippen LogP contribution in [-0.2, 0) is 24.9 Å². The standard InChI is InChI=1S/C16H10.C5H8O2.Ir/c1-2-7-13(8-3-1)16-12-6-10-14-9-4-5-11-15(14)16;1-4(6)3-5(2)7;/h1-7,9-11H;3,6H,1-2H3;/q-2;;/b;4-3-;. The van der Waals surface area contributed by atoms with Gasteiger partial charge in [0.1, 0.15) is 0 Å². The fourth-order valence-electron chi connectivity index (χ4n) is 2.23. The number of aliphatic hydroxyl groups is 1. The summed E-state index contributed by atoms with van der Waals surface area (Å²) < 4.78 is 0. The van der Waals surface area contributed by atoms with Gasteiger partial charge < -0.3 is 5.11 Å². The molecule has 3 rings (SSSR count). The number of ketones is 1. The molecule has 0 atom stereocenters. The van der Waals surface area contributed by atoms with Crippen molar-refractivity contribution < 1.29 is 30.0 Å². The largest absolute Gasteiger partial charge is 0.512 e. The summed E-state index contributed by atoms with van der Waals surface area (Å²) in [6.45, 7) is 2.85. The Labute approximate surface area is 156 Å². The Hall–Kier alpha value is -2.22. The van der Waals surface area contributed by atoms with Gasteiger partial charge >= 0.3 is 0 Å². The summed E-state index contributed by atoms with van der Waals surface area (Å²) >= 11 is 0. The summed E-state index contributed by atoms with van der Waals surface area (Å²) in [4.78, 5) is 10.0. The predicted molar refractivity (Wildman–Crippen MR) is 94.1 cm³/mol. The van der Waals surface area contributed by atoms with E-state index in [2.05, 4.69) is 48.5 Å². The Kier molecular flexibility index (Phi) is 8.11. The minimum Gasteiger partial charge on any atom is -0.512 e. The Morgan fingerprint density at radius 3 is 2.25 bits per heavy atom. The molecule has 0 unspecified atom stereocenters. The van der Waals surface area contributed by atoms with Crippen LogP contribution < -0.4 is 0 Å². The van der Waals surface area contributed by atoms with E-state index in [0.717, 1.165) is 11.1 Å². The second-order valence-corrected chi connectivity index (χ2v) is 5.11. The number of carbonyl (C=O) groups excluding carboxylic acids is 1. The van der Waals surface area contributed by atoms with Crippen molar-refractivity contribution in [2.24, 2.45) is 0 Å². The van der Waals surface area contributed by atoms with Crippen molar-refractivity contribution in [3.05, 3.63) is 84.6 Å². The summed E-state index contributed by atoms with van der Waals surface area (Å²) in [5.41, 5.74) is 2.22. The number of hydrogen-bond donors (Lipinski definition) is 1. The quantitative estimate of drug-likeness (QED) is 0.304. The molecular formula is C21H18IrO2-2. The van der Waals surface area contributed by atoms with Crippen molar-refractivity contribution in [3.63, 3.8) is 0 Å². The molecule has 0 spiro atoms. The number of allylic oxidation sites excluding steroid dienone is 2. The molecule has 125 valence electrons. The van der Waals surface area contributed by atoms with E-state index >= 15 is 0 Å². The first kappa shape index (κ1) is 19.8. The maximum atomic E-state index is 10.0. The summed E-state index contributed by atoms with van der Waals surface area (Å²) in [6.07, 6.45) is 1.17. The molecule has 0 aliphatic heterocycles. The van der Waals surface area contributed by atoms with Gasteiger partial charge in [-0.1, -0.05) is 18.2 Å². The van der Waals surface area contributed by atoms with Crippen LogP contribution in [0.5, 0.6) is 0 Å². The fourth-order valence-corrected chi connectivity index (χ4v) is 2.23. The molecule has 3 aromatic carbocycles. The van der Waals surface area contributed by atoms with Crippen molar-refractivity contribution in [1.29, 1.82) is 0 Å². The molecule has 2 nitrogen and oxygen atoms in total. The van der Waals surface area contributed by atoms with Gasteiger partial charge in [-0.05, 0) is 13.8 Å². The zero-order chi connectivity index (χ0) is 16.7. The Bertz CT molecular complexity index is 814. The molecule has 0 fully saturated rings. The first-order valence-corrected chi connectivity index (χ1v) is 7.32. The number of aliphatic hydroxyl groups excluding tert-OH is 1. The molecule has 0 heterocycles. The van der Waals surface area contributed by atoms with Gasteiger partial charge in [-0.3, -0.25) is 4.79 Å². The van der Waals surface area contributed by atoms with Crippen molar-refractivity contribution in [2.45, 2.75) is 13.8 Å². The van der Waals surface area contributed by atoms with E-state index in [0.29, 0.717) is 0 Å². The Balaban J connectivity index is 0.000000312. The van der Waals surface area contributed by atoms with E-state index in [4.69, 9.17) is 5.11 Å². The van der Waals surface area contributed by atoms with Gasteiger partial charge in [0.2, 0.25) is 0 Å². The second-order valence-electron chi connectivity index (χ2n) is 5.11. The van der Waals surface area contributed by atoms with E-state index in [-0.39, 0.29) is 31.6 Å². The van der Waals surface area contributed by atoms with Crippen LogP contribution in [-0.4, -0.2) is 10.9 Å². The molecule has 24 heavy (non-hydrogen) atoms. The third-order valence-corrected chi connectivity index (χ3v) is 3.11. The SMILES string of the molecule is CC(=O)/C=C(/C)O.[Ir].[c-]1ccccc1-c1[c-]ccc2ccccc12. The van der Waals surface area contributed by atoms with Crippen LogP contribution in [0.25, 0.3) is 21.9 Å². The van der Waals surface area contributed by atoms with Gasteiger partial charge in [0.05, 0.1) is 5.76 Å². The molecule has 1 radical (unpaired) electrons. The van der Waals surface area contributed by atoms with E-state index in [1.807, 2.05) is 24.3 Å². The first-order valence-electron chi connectivity index (χ1n) is 7.32. The molecule has 0 saturated carbocycles. The third-order valence-electron chi connectivity index (χ3n) is 3.11. The smallest absolute Gasteiger partial charge is 0.155 e. The zero-order valence-electron chi connectivity index (χ0n) is 13.5. The number of fused-ring (bicyclic) bond motifs is 1. The number of rotatable bonds is 2. The monoisotopic (exact) mass is 495 g/mol. The van der Waals surface area contributed by atoms with E-state index in [1.54, 1.807) is 0 Å². The Morgan fingerprint density at radius 2 is 1.67 bits per heavy atom. The van der Waals surface area contributed by atoms with Gasteiger partial charge in [0.15, 0.2) is 5.78 Å². The third kappa shape index (κ3) is 5.77. The number of hydrogen-bond acceptors (Lipinski definition) is 2. The van der Waals surface area contributed by atoms with Gasteiger partial charge in [0.25, 0.3) is 0 Å². The maximum Gasteiger partial charge on any atom is 0.155 e. The topological polar surface area (TPSA) is 37.3 Å². The first-order chi connectivity index (χ1) is 11.1. The summed E-state index contributed by atoms with van der Waals surface area (Å²) in [5.74, 6) is -0.0625. The van der Waals surface area contributed by atoms with Gasteiger partial charge in [0, 0.05) is 26.2 Å². The molecular weight excluding hydrogens is 476 g/mol. The number of benzene rings is 3. The van der Waals surface area contributed by atoms with Crippen LogP contribution in [0.15, 0.2) is 72.5 Å². The van der Waals surface area contributed by atoms with Crippen molar-refractivity contribution in [2.75, 3.05) is 0 Å². The van der Waals surface area contributed by atoms with Crippen LogP contribution in [0.2, 0.25) is 0 Å². The molecule has 0 bridgehead atoms. The van der Waals surface area contributed by atoms with Crippen LogP contribution in [0.1, 0.15) is 13.8 Å². The summed E-state index contributed by atoms with van der Waals surface area (Å²) in [7, 11) is 0. The van der Waals surface area contributed by atoms with Gasteiger partial charge in [-0.25, -0.2) is 11.1 Å². The fraction of sp³-hybridized carbons (Fsp3) is 0.0952. The van der Waals surface area contributed by atoms with Gasteiger partial charge in [-0.15, -0.1) is 29.0 Å². The minimum atomic E-state index is -0.125. The van der Waals surface area contributed by atoms with Crippen LogP contribution >= 0.6 is 0 Å². The van der Waals surface area contributed by atoms with Crippen molar-refractivity contribution in [1.82, 2.24) is 0 Å². The van der Waals surface area contributed by atoms with Crippen LogP contribution in [0, 0.1) is 12.1 Å². The van der Waals surface area contributed by atoms with E-state index < -0.39 is 0 Å². The molecule has 3 heteroatoms. The van der Waals surface area contributed by atoms with E-state index in [1.165, 1.54) is 30.7 Å². The summed E-state index contributed by atoms with van der Waals surface area (Å²) in [6, 6.07) is 27.0. The summed E-state index contributed by atoms with van der Waals surface area (Å²) in [5, 5.41) is 10.8. The van der Waals surface area contributed by atoms with Crippen LogP contribution in [0.3, 0.4) is 0 Å². The number of carbonyl (C=O) groups is 1. The Morgan fingerprint density at radius 1 is 0.958 bits per heavy atom. The molecule has 0 amide bonds. The molecule has 0 aromatic heterocycles. The molecule has 0 aliphatic carbocycles.